The molecule has 0 atom stereocenters. The van der Waals surface area contributed by atoms with Crippen LogP contribution in [0.15, 0.2) is 4.99 Å². The molecule has 0 aromatic heterocycles. The minimum absolute atomic E-state index is 0. The van der Waals surface area contributed by atoms with Crippen molar-refractivity contribution in [2.75, 3.05) is 46.6 Å². The summed E-state index contributed by atoms with van der Waals surface area (Å²) in [7, 11) is 1.77. The van der Waals surface area contributed by atoms with Crippen LogP contribution in [-0.4, -0.2) is 52.5 Å². The van der Waals surface area contributed by atoms with Crippen LogP contribution in [-0.2, 0) is 9.47 Å². The van der Waals surface area contributed by atoms with Crippen molar-refractivity contribution in [3.8, 4) is 0 Å². The van der Waals surface area contributed by atoms with Gasteiger partial charge in [-0.1, -0.05) is 6.92 Å². The van der Waals surface area contributed by atoms with Crippen molar-refractivity contribution in [3.63, 3.8) is 0 Å². The van der Waals surface area contributed by atoms with Gasteiger partial charge in [-0.3, -0.25) is 4.99 Å². The zero-order valence-corrected chi connectivity index (χ0v) is 13.2. The van der Waals surface area contributed by atoms with Gasteiger partial charge < -0.3 is 20.1 Å². The van der Waals surface area contributed by atoms with Crippen LogP contribution in [0.4, 0.5) is 0 Å². The molecule has 1 heterocycles. The number of ether oxygens (including phenoxy) is 2. The predicted octanol–water partition coefficient (Wildman–Crippen LogP) is 0.842. The molecule has 0 saturated carbocycles. The molecule has 5 nitrogen and oxygen atoms in total. The van der Waals surface area contributed by atoms with Gasteiger partial charge in [-0.05, 0) is 6.92 Å². The highest BCUT2D eigenvalue weighted by atomic mass is 127. The molecule has 6 heteroatoms. The quantitative estimate of drug-likeness (QED) is 0.320. The van der Waals surface area contributed by atoms with Gasteiger partial charge in [0.2, 0.25) is 0 Å². The number of nitrogens with zero attached hydrogens (tertiary/aromatic N) is 1. The minimum atomic E-state index is 0. The van der Waals surface area contributed by atoms with E-state index < -0.39 is 0 Å². The summed E-state index contributed by atoms with van der Waals surface area (Å²) in [6, 6.07) is 0. The number of nitrogens with one attached hydrogen (secondary N) is 2. The topological polar surface area (TPSA) is 54.9 Å². The van der Waals surface area contributed by atoms with E-state index in [0.717, 1.165) is 38.9 Å². The maximum absolute atomic E-state index is 5.24. The fourth-order valence-corrected chi connectivity index (χ4v) is 1.46. The molecule has 1 rings (SSSR count). The first-order chi connectivity index (χ1) is 7.70. The Labute approximate surface area is 121 Å². The van der Waals surface area contributed by atoms with Gasteiger partial charge in [-0.2, -0.15) is 0 Å². The molecule has 1 aliphatic rings. The summed E-state index contributed by atoms with van der Waals surface area (Å²) in [5.74, 6) is 0.827. The van der Waals surface area contributed by atoms with Crippen LogP contribution < -0.4 is 10.6 Å². The molecule has 1 aliphatic heterocycles. The van der Waals surface area contributed by atoms with Crippen LogP contribution in [0.25, 0.3) is 0 Å². The summed E-state index contributed by atoms with van der Waals surface area (Å²) in [6.07, 6.45) is 0. The Morgan fingerprint density at radius 2 is 2.12 bits per heavy atom. The number of aliphatic imine (C=N–C) groups is 1. The van der Waals surface area contributed by atoms with Crippen molar-refractivity contribution in [2.45, 2.75) is 13.8 Å². The van der Waals surface area contributed by atoms with Gasteiger partial charge >= 0.3 is 0 Å². The Bertz CT molecular complexity index is 233. The highest BCUT2D eigenvalue weighted by molar-refractivity contribution is 14.0. The highest BCUT2D eigenvalue weighted by Gasteiger charge is 2.33. The number of hydrogen-bond donors (Lipinski definition) is 2. The number of hydrogen-bond acceptors (Lipinski definition) is 3. The molecule has 0 radical (unpaired) electrons. The number of guanidine groups is 1. The van der Waals surface area contributed by atoms with E-state index in [2.05, 4.69) is 22.5 Å². The van der Waals surface area contributed by atoms with Gasteiger partial charge in [0.15, 0.2) is 5.96 Å². The first-order valence-corrected chi connectivity index (χ1v) is 5.80. The molecule has 0 spiro atoms. The molecule has 0 aromatic carbocycles. The van der Waals surface area contributed by atoms with E-state index >= 15 is 0 Å². The van der Waals surface area contributed by atoms with Crippen LogP contribution in [0.1, 0.15) is 13.8 Å². The molecule has 0 bridgehead atoms. The predicted molar refractivity (Wildman–Crippen MR) is 80.2 cm³/mol. The molecular weight excluding hydrogens is 333 g/mol. The van der Waals surface area contributed by atoms with Gasteiger partial charge in [0.25, 0.3) is 0 Å². The number of halogens is 1. The van der Waals surface area contributed by atoms with E-state index in [4.69, 9.17) is 9.47 Å². The lowest BCUT2D eigenvalue weighted by Gasteiger charge is -2.38. The normalized spacial score (nSPS) is 17.9. The zero-order valence-electron chi connectivity index (χ0n) is 10.9. The fraction of sp³-hybridized carbons (Fsp3) is 0.909. The van der Waals surface area contributed by atoms with E-state index in [1.54, 1.807) is 7.05 Å². The average Bonchev–Trinajstić information content (AvgIpc) is 2.26. The summed E-state index contributed by atoms with van der Waals surface area (Å²) in [4.78, 5) is 4.15. The Hall–Kier alpha value is -0.0800. The van der Waals surface area contributed by atoms with Gasteiger partial charge in [0, 0.05) is 32.2 Å². The average molecular weight is 357 g/mol. The SMILES string of the molecule is CCOCCNC(=NC)NCC1(C)COC1.I. The first kappa shape index (κ1) is 16.9. The third kappa shape index (κ3) is 6.42. The second kappa shape index (κ2) is 8.93. The van der Waals surface area contributed by atoms with Crippen LogP contribution >= 0.6 is 24.0 Å². The standard InChI is InChI=1S/C11H23N3O2.HI/c1-4-15-6-5-13-10(12-3)14-7-11(2)8-16-9-11;/h4-9H2,1-3H3,(H2,12,13,14);1H. The highest BCUT2D eigenvalue weighted by Crippen LogP contribution is 2.24. The van der Waals surface area contributed by atoms with Crippen molar-refractivity contribution in [1.82, 2.24) is 10.6 Å². The molecule has 1 saturated heterocycles. The first-order valence-electron chi connectivity index (χ1n) is 5.80. The second-order valence-corrected chi connectivity index (χ2v) is 4.35. The van der Waals surface area contributed by atoms with Gasteiger partial charge in [-0.25, -0.2) is 0 Å². The Morgan fingerprint density at radius 3 is 2.59 bits per heavy atom. The fourth-order valence-electron chi connectivity index (χ4n) is 1.46. The van der Waals surface area contributed by atoms with E-state index in [-0.39, 0.29) is 29.4 Å². The van der Waals surface area contributed by atoms with Crippen molar-refractivity contribution >= 4 is 29.9 Å². The number of rotatable bonds is 6. The molecule has 2 N–H and O–H groups in total. The molecule has 1 fully saturated rings. The van der Waals surface area contributed by atoms with E-state index in [1.165, 1.54) is 0 Å². The molecule has 17 heavy (non-hydrogen) atoms. The van der Waals surface area contributed by atoms with Crippen molar-refractivity contribution in [2.24, 2.45) is 10.4 Å². The van der Waals surface area contributed by atoms with Crippen molar-refractivity contribution < 1.29 is 9.47 Å². The second-order valence-electron chi connectivity index (χ2n) is 4.35. The van der Waals surface area contributed by atoms with E-state index in [9.17, 15) is 0 Å². The third-order valence-corrected chi connectivity index (χ3v) is 2.55. The van der Waals surface area contributed by atoms with Gasteiger partial charge in [0.05, 0.1) is 19.8 Å². The van der Waals surface area contributed by atoms with Crippen LogP contribution in [0.2, 0.25) is 0 Å². The lowest BCUT2D eigenvalue weighted by atomic mass is 9.89. The summed E-state index contributed by atoms with van der Waals surface area (Å²) < 4.78 is 10.4. The largest absolute Gasteiger partial charge is 0.380 e. The summed E-state index contributed by atoms with van der Waals surface area (Å²) in [5.41, 5.74) is 0.261. The van der Waals surface area contributed by atoms with Crippen molar-refractivity contribution in [3.05, 3.63) is 0 Å². The van der Waals surface area contributed by atoms with E-state index in [0.29, 0.717) is 6.61 Å². The molecule has 102 valence electrons. The minimum Gasteiger partial charge on any atom is -0.380 e. The smallest absolute Gasteiger partial charge is 0.191 e. The molecule has 0 aliphatic carbocycles. The molecule has 0 unspecified atom stereocenters. The maximum atomic E-state index is 5.24. The summed E-state index contributed by atoms with van der Waals surface area (Å²) in [6.45, 7) is 8.98. The molecular formula is C11H24IN3O2. The molecule has 0 aromatic rings. The van der Waals surface area contributed by atoms with Gasteiger partial charge in [-0.15, -0.1) is 24.0 Å². The van der Waals surface area contributed by atoms with Crippen LogP contribution in [0.3, 0.4) is 0 Å². The Kier molecular flexibility index (Phi) is 8.89. The van der Waals surface area contributed by atoms with E-state index in [1.807, 2.05) is 6.92 Å². The molecule has 0 amide bonds. The van der Waals surface area contributed by atoms with Gasteiger partial charge in [0.1, 0.15) is 0 Å². The Balaban J connectivity index is 0.00000256. The maximum Gasteiger partial charge on any atom is 0.191 e. The van der Waals surface area contributed by atoms with Crippen LogP contribution in [0.5, 0.6) is 0 Å². The summed E-state index contributed by atoms with van der Waals surface area (Å²) >= 11 is 0. The Morgan fingerprint density at radius 1 is 1.41 bits per heavy atom. The monoisotopic (exact) mass is 357 g/mol. The lowest BCUT2D eigenvalue weighted by Crippen LogP contribution is -2.51. The lowest BCUT2D eigenvalue weighted by molar-refractivity contribution is -0.0971. The van der Waals surface area contributed by atoms with Crippen molar-refractivity contribution in [1.29, 1.82) is 0 Å². The summed E-state index contributed by atoms with van der Waals surface area (Å²) in [5, 5.41) is 6.49. The zero-order chi connectivity index (χ0) is 11.9. The third-order valence-electron chi connectivity index (χ3n) is 2.55. The van der Waals surface area contributed by atoms with Crippen LogP contribution in [0, 0.1) is 5.41 Å².